The normalized spacial score (nSPS) is 29.4. The summed E-state index contributed by atoms with van der Waals surface area (Å²) in [6, 6.07) is 8.79. The van der Waals surface area contributed by atoms with Gasteiger partial charge in [-0.3, -0.25) is 24.8 Å². The lowest BCUT2D eigenvalue weighted by molar-refractivity contribution is -0.147. The molecule has 3 rings (SSSR count). The molecule has 2 saturated heterocycles. The Bertz CT molecular complexity index is 666. The molecule has 1 aromatic rings. The highest BCUT2D eigenvalue weighted by atomic mass is 16.5. The molecule has 4 atom stereocenters. The second-order valence-corrected chi connectivity index (χ2v) is 6.21. The number of amides is 2. The van der Waals surface area contributed by atoms with Gasteiger partial charge in [0.2, 0.25) is 11.8 Å². The minimum Gasteiger partial charge on any atom is -0.465 e. The van der Waals surface area contributed by atoms with Crippen LogP contribution in [0.3, 0.4) is 0 Å². The van der Waals surface area contributed by atoms with E-state index >= 15 is 0 Å². The molecule has 2 aliphatic heterocycles. The number of ether oxygens (including phenoxy) is 1. The molecule has 0 radical (unpaired) electrons. The summed E-state index contributed by atoms with van der Waals surface area (Å²) in [5.41, 5.74) is 9.36. The van der Waals surface area contributed by atoms with Gasteiger partial charge in [0.25, 0.3) is 0 Å². The summed E-state index contributed by atoms with van der Waals surface area (Å²) < 4.78 is 5.04. The van der Waals surface area contributed by atoms with E-state index in [1.807, 2.05) is 30.3 Å². The molecular formula is C17H22N4O4. The fraction of sp³-hybridized carbons (Fsp3) is 0.471. The Kier molecular flexibility index (Phi) is 5.00. The van der Waals surface area contributed by atoms with Gasteiger partial charge in [-0.05, 0) is 12.5 Å². The highest BCUT2D eigenvalue weighted by molar-refractivity contribution is 5.90. The number of esters is 1. The predicted octanol–water partition coefficient (Wildman–Crippen LogP) is 0.0354. The van der Waals surface area contributed by atoms with Gasteiger partial charge in [-0.25, -0.2) is 10.9 Å². The Hall–Kier alpha value is -2.45. The van der Waals surface area contributed by atoms with Gasteiger partial charge in [0, 0.05) is 12.3 Å². The van der Waals surface area contributed by atoms with Crippen molar-refractivity contribution in [3.63, 3.8) is 0 Å². The largest absolute Gasteiger partial charge is 0.465 e. The highest BCUT2D eigenvalue weighted by Crippen LogP contribution is 2.30. The first-order valence-electron chi connectivity index (χ1n) is 8.38. The fourth-order valence-electron chi connectivity index (χ4n) is 3.26. The summed E-state index contributed by atoms with van der Waals surface area (Å²) in [7, 11) is 0. The SMILES string of the molecule is CCOC(=O)C1NN(C2NNC(=O)CC2c2ccccc2)C(=O)C1C. The summed E-state index contributed by atoms with van der Waals surface area (Å²) in [4.78, 5) is 36.6. The number of carbonyl (C=O) groups is 3. The standard InChI is InChI=1S/C17H22N4O4/c1-3-25-17(24)14-10(2)16(23)21(20-14)15-12(9-13(22)18-19-15)11-7-5-4-6-8-11/h4-8,10,12,14-15,19-20H,3,9H2,1-2H3,(H,18,22). The molecule has 1 aromatic carbocycles. The van der Waals surface area contributed by atoms with Crippen molar-refractivity contribution >= 4 is 17.8 Å². The molecule has 134 valence electrons. The quantitative estimate of drug-likeness (QED) is 0.666. The smallest absolute Gasteiger partial charge is 0.325 e. The lowest BCUT2D eigenvalue weighted by Crippen LogP contribution is -2.63. The van der Waals surface area contributed by atoms with Crippen LogP contribution in [0.4, 0.5) is 0 Å². The third kappa shape index (κ3) is 3.35. The lowest BCUT2D eigenvalue weighted by atomic mass is 9.91. The molecule has 0 saturated carbocycles. The monoisotopic (exact) mass is 346 g/mol. The number of nitrogens with one attached hydrogen (secondary N) is 3. The van der Waals surface area contributed by atoms with Gasteiger partial charge < -0.3 is 4.74 Å². The number of hydrazine groups is 2. The average Bonchev–Trinajstić information content (AvgIpc) is 2.91. The number of hydrogen-bond acceptors (Lipinski definition) is 6. The van der Waals surface area contributed by atoms with E-state index < -0.39 is 24.1 Å². The molecule has 2 fully saturated rings. The molecule has 25 heavy (non-hydrogen) atoms. The molecule has 4 unspecified atom stereocenters. The second-order valence-electron chi connectivity index (χ2n) is 6.21. The molecule has 0 aliphatic carbocycles. The third-order valence-corrected chi connectivity index (χ3v) is 4.60. The predicted molar refractivity (Wildman–Crippen MR) is 88.4 cm³/mol. The molecule has 2 amide bonds. The topological polar surface area (TPSA) is 99.8 Å². The lowest BCUT2D eigenvalue weighted by Gasteiger charge is -2.38. The first-order valence-corrected chi connectivity index (χ1v) is 8.38. The Morgan fingerprint density at radius 3 is 2.68 bits per heavy atom. The van der Waals surface area contributed by atoms with Gasteiger partial charge in [0.15, 0.2) is 0 Å². The number of carbonyl (C=O) groups excluding carboxylic acids is 3. The van der Waals surface area contributed by atoms with Crippen molar-refractivity contribution in [3.8, 4) is 0 Å². The van der Waals surface area contributed by atoms with Crippen LogP contribution in [-0.2, 0) is 19.1 Å². The van der Waals surface area contributed by atoms with Crippen molar-refractivity contribution in [2.24, 2.45) is 5.92 Å². The van der Waals surface area contributed by atoms with Crippen LogP contribution < -0.4 is 16.3 Å². The minimum absolute atomic E-state index is 0.147. The first-order chi connectivity index (χ1) is 12.0. The van der Waals surface area contributed by atoms with Gasteiger partial charge in [-0.15, -0.1) is 0 Å². The van der Waals surface area contributed by atoms with Crippen molar-refractivity contribution in [1.29, 1.82) is 0 Å². The van der Waals surface area contributed by atoms with Crippen molar-refractivity contribution in [2.45, 2.75) is 38.4 Å². The molecular weight excluding hydrogens is 324 g/mol. The van der Waals surface area contributed by atoms with Crippen LogP contribution in [0.15, 0.2) is 30.3 Å². The molecule has 2 heterocycles. The van der Waals surface area contributed by atoms with Crippen LogP contribution in [0.25, 0.3) is 0 Å². The van der Waals surface area contributed by atoms with Crippen molar-refractivity contribution in [2.75, 3.05) is 6.61 Å². The maximum atomic E-state index is 12.7. The molecule has 3 N–H and O–H groups in total. The Balaban J connectivity index is 1.84. The van der Waals surface area contributed by atoms with E-state index in [-0.39, 0.29) is 30.8 Å². The van der Waals surface area contributed by atoms with E-state index in [4.69, 9.17) is 4.74 Å². The van der Waals surface area contributed by atoms with Crippen LogP contribution in [0.5, 0.6) is 0 Å². The number of rotatable bonds is 4. The highest BCUT2D eigenvalue weighted by Gasteiger charge is 2.48. The van der Waals surface area contributed by atoms with Crippen molar-refractivity contribution < 1.29 is 19.1 Å². The first kappa shape index (κ1) is 17.4. The van der Waals surface area contributed by atoms with Gasteiger partial charge in [-0.1, -0.05) is 37.3 Å². The van der Waals surface area contributed by atoms with E-state index in [2.05, 4.69) is 16.3 Å². The molecule has 0 bridgehead atoms. The molecule has 2 aliphatic rings. The van der Waals surface area contributed by atoms with Crippen LogP contribution in [0, 0.1) is 5.92 Å². The van der Waals surface area contributed by atoms with Crippen LogP contribution in [-0.4, -0.2) is 41.6 Å². The summed E-state index contributed by atoms with van der Waals surface area (Å²) >= 11 is 0. The number of benzene rings is 1. The fourth-order valence-corrected chi connectivity index (χ4v) is 3.26. The van der Waals surface area contributed by atoms with Crippen LogP contribution in [0.2, 0.25) is 0 Å². The van der Waals surface area contributed by atoms with Gasteiger partial charge in [0.05, 0.1) is 12.5 Å². The minimum atomic E-state index is -0.733. The molecule has 8 nitrogen and oxygen atoms in total. The van der Waals surface area contributed by atoms with Crippen molar-refractivity contribution in [1.82, 2.24) is 21.3 Å². The summed E-state index contributed by atoms with van der Waals surface area (Å²) in [5.74, 6) is -1.60. The molecule has 0 spiro atoms. The van der Waals surface area contributed by atoms with E-state index in [0.717, 1.165) is 5.56 Å². The Morgan fingerprint density at radius 1 is 1.28 bits per heavy atom. The maximum Gasteiger partial charge on any atom is 0.325 e. The van der Waals surface area contributed by atoms with Gasteiger partial charge in [0.1, 0.15) is 12.2 Å². The number of nitrogens with zero attached hydrogens (tertiary/aromatic N) is 1. The zero-order chi connectivity index (χ0) is 18.0. The van der Waals surface area contributed by atoms with Crippen LogP contribution >= 0.6 is 0 Å². The van der Waals surface area contributed by atoms with Gasteiger partial charge in [-0.2, -0.15) is 0 Å². The Morgan fingerprint density at radius 2 is 2.00 bits per heavy atom. The zero-order valence-corrected chi connectivity index (χ0v) is 14.2. The average molecular weight is 346 g/mol. The van der Waals surface area contributed by atoms with E-state index in [0.29, 0.717) is 0 Å². The van der Waals surface area contributed by atoms with E-state index in [1.165, 1.54) is 5.01 Å². The third-order valence-electron chi connectivity index (χ3n) is 4.60. The molecule has 8 heteroatoms. The number of hydrogen-bond donors (Lipinski definition) is 3. The zero-order valence-electron chi connectivity index (χ0n) is 14.2. The van der Waals surface area contributed by atoms with Crippen LogP contribution in [0.1, 0.15) is 31.7 Å². The molecule has 0 aromatic heterocycles. The Labute approximate surface area is 145 Å². The van der Waals surface area contributed by atoms with E-state index in [1.54, 1.807) is 13.8 Å². The summed E-state index contributed by atoms with van der Waals surface area (Å²) in [6.07, 6.45) is -0.263. The van der Waals surface area contributed by atoms with Crippen molar-refractivity contribution in [3.05, 3.63) is 35.9 Å². The summed E-state index contributed by atoms with van der Waals surface area (Å²) in [6.45, 7) is 3.67. The summed E-state index contributed by atoms with van der Waals surface area (Å²) in [5, 5.41) is 1.41. The maximum absolute atomic E-state index is 12.7. The van der Waals surface area contributed by atoms with E-state index in [9.17, 15) is 14.4 Å². The van der Waals surface area contributed by atoms with Gasteiger partial charge >= 0.3 is 5.97 Å². The second kappa shape index (κ2) is 7.20.